The predicted octanol–water partition coefficient (Wildman–Crippen LogP) is 2.58. The van der Waals surface area contributed by atoms with E-state index in [4.69, 9.17) is 9.47 Å². The lowest BCUT2D eigenvalue weighted by Gasteiger charge is -2.12. The summed E-state index contributed by atoms with van der Waals surface area (Å²) in [5.41, 5.74) is 0. The SMILES string of the molecule is CCCC(C)CCC1COCO1. The first-order valence-electron chi connectivity index (χ1n) is 5.02. The molecule has 2 atom stereocenters. The van der Waals surface area contributed by atoms with Crippen molar-refractivity contribution in [3.8, 4) is 0 Å². The molecule has 0 aliphatic carbocycles. The summed E-state index contributed by atoms with van der Waals surface area (Å²) in [7, 11) is 0. The molecule has 1 aliphatic rings. The van der Waals surface area contributed by atoms with Crippen LogP contribution in [-0.4, -0.2) is 19.5 Å². The molecule has 72 valence electrons. The van der Waals surface area contributed by atoms with Crippen LogP contribution in [-0.2, 0) is 9.47 Å². The lowest BCUT2D eigenvalue weighted by Crippen LogP contribution is -2.10. The minimum Gasteiger partial charge on any atom is -0.353 e. The number of hydrogen-bond acceptors (Lipinski definition) is 2. The zero-order chi connectivity index (χ0) is 8.81. The molecule has 1 saturated heterocycles. The van der Waals surface area contributed by atoms with Crippen molar-refractivity contribution in [3.63, 3.8) is 0 Å². The lowest BCUT2D eigenvalue weighted by atomic mass is 9.98. The van der Waals surface area contributed by atoms with Gasteiger partial charge in [-0.1, -0.05) is 26.7 Å². The van der Waals surface area contributed by atoms with Crippen molar-refractivity contribution in [1.82, 2.24) is 0 Å². The molecule has 2 unspecified atom stereocenters. The summed E-state index contributed by atoms with van der Waals surface area (Å²) in [6.45, 7) is 5.87. The molecule has 2 nitrogen and oxygen atoms in total. The van der Waals surface area contributed by atoms with Gasteiger partial charge in [0.05, 0.1) is 12.7 Å². The van der Waals surface area contributed by atoms with E-state index in [1.807, 2.05) is 0 Å². The van der Waals surface area contributed by atoms with Gasteiger partial charge in [0.2, 0.25) is 0 Å². The highest BCUT2D eigenvalue weighted by molar-refractivity contribution is 4.62. The summed E-state index contributed by atoms with van der Waals surface area (Å²) in [5.74, 6) is 0.846. The largest absolute Gasteiger partial charge is 0.353 e. The second kappa shape index (κ2) is 5.55. The van der Waals surface area contributed by atoms with Crippen LogP contribution in [0.3, 0.4) is 0 Å². The highest BCUT2D eigenvalue weighted by atomic mass is 16.7. The van der Waals surface area contributed by atoms with Crippen LogP contribution in [0, 0.1) is 5.92 Å². The summed E-state index contributed by atoms with van der Waals surface area (Å²) in [5, 5.41) is 0. The molecule has 0 amide bonds. The number of rotatable bonds is 5. The fraction of sp³-hybridized carbons (Fsp3) is 1.00. The summed E-state index contributed by atoms with van der Waals surface area (Å²) in [6, 6.07) is 0. The van der Waals surface area contributed by atoms with E-state index in [1.165, 1.54) is 25.7 Å². The maximum Gasteiger partial charge on any atom is 0.147 e. The van der Waals surface area contributed by atoms with E-state index in [2.05, 4.69) is 13.8 Å². The van der Waals surface area contributed by atoms with Crippen LogP contribution in [0.4, 0.5) is 0 Å². The molecule has 12 heavy (non-hydrogen) atoms. The summed E-state index contributed by atoms with van der Waals surface area (Å²) < 4.78 is 10.5. The van der Waals surface area contributed by atoms with Crippen molar-refractivity contribution in [2.45, 2.75) is 45.6 Å². The van der Waals surface area contributed by atoms with Gasteiger partial charge in [0.1, 0.15) is 6.79 Å². The van der Waals surface area contributed by atoms with Crippen LogP contribution < -0.4 is 0 Å². The summed E-state index contributed by atoms with van der Waals surface area (Å²) in [6.07, 6.45) is 5.46. The summed E-state index contributed by atoms with van der Waals surface area (Å²) in [4.78, 5) is 0. The first-order chi connectivity index (χ1) is 5.83. The lowest BCUT2D eigenvalue weighted by molar-refractivity contribution is 0.0430. The molecule has 1 rings (SSSR count). The molecule has 0 saturated carbocycles. The molecular formula is C10H20O2. The third-order valence-electron chi connectivity index (χ3n) is 2.45. The van der Waals surface area contributed by atoms with Crippen molar-refractivity contribution in [2.75, 3.05) is 13.4 Å². The van der Waals surface area contributed by atoms with E-state index in [0.29, 0.717) is 12.9 Å². The average Bonchev–Trinajstić information content (AvgIpc) is 2.53. The second-order valence-electron chi connectivity index (χ2n) is 3.75. The van der Waals surface area contributed by atoms with Gasteiger partial charge in [0.25, 0.3) is 0 Å². The van der Waals surface area contributed by atoms with E-state index in [1.54, 1.807) is 0 Å². The van der Waals surface area contributed by atoms with E-state index in [0.717, 1.165) is 12.5 Å². The van der Waals surface area contributed by atoms with Gasteiger partial charge in [-0.05, 0) is 18.8 Å². The monoisotopic (exact) mass is 172 g/mol. The molecule has 0 aromatic rings. The summed E-state index contributed by atoms with van der Waals surface area (Å²) >= 11 is 0. The Hall–Kier alpha value is -0.0800. The minimum absolute atomic E-state index is 0.379. The van der Waals surface area contributed by atoms with E-state index in [-0.39, 0.29) is 0 Å². The Kier molecular flexibility index (Phi) is 4.62. The molecule has 1 heterocycles. The van der Waals surface area contributed by atoms with Crippen LogP contribution >= 0.6 is 0 Å². The predicted molar refractivity (Wildman–Crippen MR) is 49.0 cm³/mol. The highest BCUT2D eigenvalue weighted by Crippen LogP contribution is 2.17. The third-order valence-corrected chi connectivity index (χ3v) is 2.45. The molecule has 2 heteroatoms. The molecule has 0 bridgehead atoms. The Morgan fingerprint density at radius 1 is 1.42 bits per heavy atom. The van der Waals surface area contributed by atoms with Crippen LogP contribution in [0.1, 0.15) is 39.5 Å². The third kappa shape index (κ3) is 3.55. The van der Waals surface area contributed by atoms with Gasteiger partial charge in [-0.3, -0.25) is 0 Å². The quantitative estimate of drug-likeness (QED) is 0.634. The Morgan fingerprint density at radius 3 is 2.83 bits per heavy atom. The Labute approximate surface area is 75.2 Å². The van der Waals surface area contributed by atoms with E-state index in [9.17, 15) is 0 Å². The second-order valence-corrected chi connectivity index (χ2v) is 3.75. The maximum absolute atomic E-state index is 5.36. The van der Waals surface area contributed by atoms with Crippen molar-refractivity contribution in [2.24, 2.45) is 5.92 Å². The van der Waals surface area contributed by atoms with Crippen molar-refractivity contribution >= 4 is 0 Å². The van der Waals surface area contributed by atoms with Crippen molar-refractivity contribution < 1.29 is 9.47 Å². The molecule has 0 spiro atoms. The average molecular weight is 172 g/mol. The first kappa shape index (κ1) is 10.0. The van der Waals surface area contributed by atoms with Gasteiger partial charge in [-0.15, -0.1) is 0 Å². The van der Waals surface area contributed by atoms with Gasteiger partial charge in [0.15, 0.2) is 0 Å². The Balaban J connectivity index is 1.99. The molecule has 0 aromatic carbocycles. The van der Waals surface area contributed by atoms with Crippen LogP contribution in [0.5, 0.6) is 0 Å². The zero-order valence-corrected chi connectivity index (χ0v) is 8.21. The fourth-order valence-electron chi connectivity index (χ4n) is 1.65. The molecule has 0 N–H and O–H groups in total. The van der Waals surface area contributed by atoms with Gasteiger partial charge >= 0.3 is 0 Å². The van der Waals surface area contributed by atoms with Gasteiger partial charge in [0, 0.05) is 0 Å². The molecular weight excluding hydrogens is 152 g/mol. The Morgan fingerprint density at radius 2 is 2.25 bits per heavy atom. The van der Waals surface area contributed by atoms with Crippen LogP contribution in [0.2, 0.25) is 0 Å². The van der Waals surface area contributed by atoms with Gasteiger partial charge in [-0.2, -0.15) is 0 Å². The van der Waals surface area contributed by atoms with E-state index < -0.39 is 0 Å². The van der Waals surface area contributed by atoms with Crippen molar-refractivity contribution in [1.29, 1.82) is 0 Å². The molecule has 1 fully saturated rings. The Bertz CT molecular complexity index is 108. The highest BCUT2D eigenvalue weighted by Gasteiger charge is 2.16. The topological polar surface area (TPSA) is 18.5 Å². The van der Waals surface area contributed by atoms with Gasteiger partial charge in [-0.25, -0.2) is 0 Å². The molecule has 0 aromatic heterocycles. The maximum atomic E-state index is 5.36. The standard InChI is InChI=1S/C10H20O2/c1-3-4-9(2)5-6-10-7-11-8-12-10/h9-10H,3-8H2,1-2H3. The van der Waals surface area contributed by atoms with Gasteiger partial charge < -0.3 is 9.47 Å². The molecule has 1 aliphatic heterocycles. The van der Waals surface area contributed by atoms with Crippen LogP contribution in [0.15, 0.2) is 0 Å². The normalized spacial score (nSPS) is 26.0. The minimum atomic E-state index is 0.379. The number of hydrogen-bond donors (Lipinski definition) is 0. The first-order valence-corrected chi connectivity index (χ1v) is 5.02. The van der Waals surface area contributed by atoms with Crippen LogP contribution in [0.25, 0.3) is 0 Å². The molecule has 0 radical (unpaired) electrons. The fourth-order valence-corrected chi connectivity index (χ4v) is 1.65. The number of ether oxygens (including phenoxy) is 2. The van der Waals surface area contributed by atoms with E-state index >= 15 is 0 Å². The van der Waals surface area contributed by atoms with Crippen molar-refractivity contribution in [3.05, 3.63) is 0 Å². The smallest absolute Gasteiger partial charge is 0.147 e. The zero-order valence-electron chi connectivity index (χ0n) is 8.21.